The van der Waals surface area contributed by atoms with E-state index in [2.05, 4.69) is 15.6 Å². The standard InChI is InChI=1S/C19H21N5O2S/c1-13-4-2-6-15-16(13)22-18(27-15)17(26-14-5-3-7-21-12-14)23-19(25)24-10-8-20-9-11-24/h2-7,12,17,20H,8-11H2,1H3,(H,23,25). The molecule has 2 amide bonds. The van der Waals surface area contributed by atoms with Crippen LogP contribution in [0.15, 0.2) is 42.7 Å². The van der Waals surface area contributed by atoms with Crippen LogP contribution < -0.4 is 15.4 Å². The molecule has 1 aliphatic heterocycles. The number of hydrogen-bond acceptors (Lipinski definition) is 6. The van der Waals surface area contributed by atoms with E-state index < -0.39 is 6.23 Å². The first-order valence-electron chi connectivity index (χ1n) is 8.89. The summed E-state index contributed by atoms with van der Waals surface area (Å²) in [6.07, 6.45) is 2.64. The lowest BCUT2D eigenvalue weighted by Gasteiger charge is -2.29. The number of urea groups is 1. The smallest absolute Gasteiger partial charge is 0.320 e. The number of pyridine rings is 1. The summed E-state index contributed by atoms with van der Waals surface area (Å²) in [7, 11) is 0. The van der Waals surface area contributed by atoms with Crippen molar-refractivity contribution in [1.82, 2.24) is 25.5 Å². The van der Waals surface area contributed by atoms with Gasteiger partial charge in [-0.3, -0.25) is 10.3 Å². The molecule has 1 fully saturated rings. The fourth-order valence-corrected chi connectivity index (χ4v) is 4.01. The van der Waals surface area contributed by atoms with Crippen molar-refractivity contribution in [2.75, 3.05) is 26.2 Å². The summed E-state index contributed by atoms with van der Waals surface area (Å²) in [6.45, 7) is 4.96. The van der Waals surface area contributed by atoms with Gasteiger partial charge in [0.05, 0.1) is 16.4 Å². The number of aromatic nitrogens is 2. The Hall–Kier alpha value is -2.71. The van der Waals surface area contributed by atoms with Gasteiger partial charge in [-0.05, 0) is 30.7 Å². The van der Waals surface area contributed by atoms with Gasteiger partial charge in [0.2, 0.25) is 6.23 Å². The van der Waals surface area contributed by atoms with E-state index in [0.29, 0.717) is 23.8 Å². The zero-order valence-electron chi connectivity index (χ0n) is 15.0. The van der Waals surface area contributed by atoms with Crippen LogP contribution in [0.1, 0.15) is 16.8 Å². The highest BCUT2D eigenvalue weighted by molar-refractivity contribution is 7.18. The first-order chi connectivity index (χ1) is 13.2. The Morgan fingerprint density at radius 3 is 2.89 bits per heavy atom. The maximum atomic E-state index is 12.7. The quantitative estimate of drug-likeness (QED) is 0.677. The molecule has 2 aromatic heterocycles. The first-order valence-corrected chi connectivity index (χ1v) is 9.71. The molecule has 8 heteroatoms. The summed E-state index contributed by atoms with van der Waals surface area (Å²) in [4.78, 5) is 23.3. The predicted molar refractivity (Wildman–Crippen MR) is 105 cm³/mol. The molecule has 140 valence electrons. The predicted octanol–water partition coefficient (Wildman–Crippen LogP) is 2.69. The number of amides is 2. The number of para-hydroxylation sites is 1. The minimum absolute atomic E-state index is 0.152. The van der Waals surface area contributed by atoms with E-state index >= 15 is 0 Å². The molecule has 2 N–H and O–H groups in total. The van der Waals surface area contributed by atoms with E-state index in [0.717, 1.165) is 28.9 Å². The molecule has 1 aliphatic rings. The second-order valence-electron chi connectivity index (χ2n) is 6.35. The molecule has 0 radical (unpaired) electrons. The number of piperazine rings is 1. The highest BCUT2D eigenvalue weighted by Gasteiger charge is 2.25. The van der Waals surface area contributed by atoms with Crippen LogP contribution in [0.25, 0.3) is 10.2 Å². The van der Waals surface area contributed by atoms with Crippen molar-refractivity contribution in [2.24, 2.45) is 0 Å². The number of ether oxygens (including phenoxy) is 1. The van der Waals surface area contributed by atoms with Gasteiger partial charge in [0.1, 0.15) is 5.75 Å². The number of benzene rings is 1. The maximum Gasteiger partial charge on any atom is 0.320 e. The summed E-state index contributed by atoms with van der Waals surface area (Å²) in [6, 6.07) is 9.53. The molecular weight excluding hydrogens is 362 g/mol. The fraction of sp³-hybridized carbons (Fsp3) is 0.316. The number of thiazole rings is 1. The third-order valence-corrected chi connectivity index (χ3v) is 5.47. The van der Waals surface area contributed by atoms with E-state index in [-0.39, 0.29) is 6.03 Å². The lowest BCUT2D eigenvalue weighted by Crippen LogP contribution is -2.51. The van der Waals surface area contributed by atoms with Crippen LogP contribution in [0.3, 0.4) is 0 Å². The molecule has 1 aromatic carbocycles. The van der Waals surface area contributed by atoms with Gasteiger partial charge >= 0.3 is 6.03 Å². The third-order valence-electron chi connectivity index (χ3n) is 4.41. The molecule has 27 heavy (non-hydrogen) atoms. The second kappa shape index (κ2) is 7.89. The normalized spacial score (nSPS) is 15.5. The first kappa shape index (κ1) is 17.7. The highest BCUT2D eigenvalue weighted by atomic mass is 32.1. The summed E-state index contributed by atoms with van der Waals surface area (Å²) in [5, 5.41) is 6.95. The molecule has 4 rings (SSSR count). The Kier molecular flexibility index (Phi) is 5.17. The van der Waals surface area contributed by atoms with Crippen molar-refractivity contribution in [3.8, 4) is 5.75 Å². The van der Waals surface area contributed by atoms with E-state index in [1.54, 1.807) is 23.4 Å². The number of fused-ring (bicyclic) bond motifs is 1. The Morgan fingerprint density at radius 2 is 2.15 bits per heavy atom. The third kappa shape index (κ3) is 4.01. The van der Waals surface area contributed by atoms with E-state index in [4.69, 9.17) is 9.72 Å². The van der Waals surface area contributed by atoms with Crippen molar-refractivity contribution >= 4 is 27.6 Å². The lowest BCUT2D eigenvalue weighted by atomic mass is 10.2. The molecular formula is C19H21N5O2S. The Labute approximate surface area is 161 Å². The zero-order valence-corrected chi connectivity index (χ0v) is 15.8. The number of aryl methyl sites for hydroxylation is 1. The van der Waals surface area contributed by atoms with Crippen LogP contribution in [0.4, 0.5) is 4.79 Å². The molecule has 1 atom stereocenters. The van der Waals surface area contributed by atoms with Gasteiger partial charge in [-0.1, -0.05) is 12.1 Å². The molecule has 0 spiro atoms. The molecule has 1 saturated heterocycles. The van der Waals surface area contributed by atoms with Crippen molar-refractivity contribution in [2.45, 2.75) is 13.2 Å². The Balaban J connectivity index is 1.62. The van der Waals surface area contributed by atoms with Crippen LogP contribution in [0.5, 0.6) is 5.75 Å². The monoisotopic (exact) mass is 383 g/mol. The maximum absolute atomic E-state index is 12.7. The molecule has 0 bridgehead atoms. The van der Waals surface area contributed by atoms with Gasteiger partial charge in [0, 0.05) is 32.4 Å². The van der Waals surface area contributed by atoms with Crippen molar-refractivity contribution < 1.29 is 9.53 Å². The number of hydrogen-bond donors (Lipinski definition) is 2. The Morgan fingerprint density at radius 1 is 1.30 bits per heavy atom. The minimum Gasteiger partial charge on any atom is -0.462 e. The van der Waals surface area contributed by atoms with Gasteiger partial charge < -0.3 is 15.0 Å². The molecule has 0 aliphatic carbocycles. The zero-order chi connectivity index (χ0) is 18.6. The van der Waals surface area contributed by atoms with E-state index in [9.17, 15) is 4.79 Å². The average molecular weight is 383 g/mol. The van der Waals surface area contributed by atoms with Crippen molar-refractivity contribution in [3.05, 3.63) is 53.3 Å². The molecule has 1 unspecified atom stereocenters. The number of nitrogens with one attached hydrogen (secondary N) is 2. The van der Waals surface area contributed by atoms with Crippen molar-refractivity contribution in [3.63, 3.8) is 0 Å². The van der Waals surface area contributed by atoms with E-state index in [1.807, 2.05) is 31.2 Å². The summed E-state index contributed by atoms with van der Waals surface area (Å²) < 4.78 is 7.11. The average Bonchev–Trinajstić information content (AvgIpc) is 3.15. The van der Waals surface area contributed by atoms with Crippen LogP contribution >= 0.6 is 11.3 Å². The van der Waals surface area contributed by atoms with Crippen LogP contribution in [0, 0.1) is 6.92 Å². The summed E-state index contributed by atoms with van der Waals surface area (Å²) in [5.74, 6) is 0.582. The fourth-order valence-electron chi connectivity index (χ4n) is 2.98. The van der Waals surface area contributed by atoms with Gasteiger partial charge in [0.15, 0.2) is 5.01 Å². The number of carbonyl (C=O) groups is 1. The lowest BCUT2D eigenvalue weighted by molar-refractivity contribution is 0.139. The molecule has 0 saturated carbocycles. The molecule has 3 heterocycles. The van der Waals surface area contributed by atoms with Crippen LogP contribution in [-0.4, -0.2) is 47.1 Å². The van der Waals surface area contributed by atoms with Gasteiger partial charge in [-0.2, -0.15) is 0 Å². The van der Waals surface area contributed by atoms with Crippen LogP contribution in [-0.2, 0) is 0 Å². The molecule has 3 aromatic rings. The number of nitrogens with zero attached hydrogens (tertiary/aromatic N) is 3. The Bertz CT molecular complexity index is 924. The summed E-state index contributed by atoms with van der Waals surface area (Å²) >= 11 is 1.53. The van der Waals surface area contributed by atoms with Crippen LogP contribution in [0.2, 0.25) is 0 Å². The summed E-state index contributed by atoms with van der Waals surface area (Å²) in [5.41, 5.74) is 2.04. The van der Waals surface area contributed by atoms with Gasteiger partial charge in [0.25, 0.3) is 0 Å². The second-order valence-corrected chi connectivity index (χ2v) is 7.41. The largest absolute Gasteiger partial charge is 0.462 e. The number of carbonyl (C=O) groups excluding carboxylic acids is 1. The highest BCUT2D eigenvalue weighted by Crippen LogP contribution is 2.30. The minimum atomic E-state index is -0.673. The SMILES string of the molecule is Cc1cccc2sc(C(NC(=O)N3CCNCC3)Oc3cccnc3)nc12. The van der Waals surface area contributed by atoms with Gasteiger partial charge in [-0.15, -0.1) is 11.3 Å². The topological polar surface area (TPSA) is 79.4 Å². The molecule has 7 nitrogen and oxygen atoms in total. The number of rotatable bonds is 4. The van der Waals surface area contributed by atoms with Gasteiger partial charge in [-0.25, -0.2) is 9.78 Å². The van der Waals surface area contributed by atoms with Crippen molar-refractivity contribution in [1.29, 1.82) is 0 Å². The van der Waals surface area contributed by atoms with E-state index in [1.165, 1.54) is 11.3 Å².